The number of hydrogen-bond donors (Lipinski definition) is 2. The maximum Gasteiger partial charge on any atom is 0.431 e. The van der Waals surface area contributed by atoms with Crippen molar-refractivity contribution in [2.45, 2.75) is 71.7 Å². The third-order valence-corrected chi connectivity index (χ3v) is 6.32. The molecule has 2 rings (SSSR count). The Kier molecular flexibility index (Phi) is 16.2. The molecule has 1 aliphatic rings. The monoisotopic (exact) mass is 684 g/mol. The lowest BCUT2D eigenvalue weighted by molar-refractivity contribution is -0.266. The predicted octanol–water partition coefficient (Wildman–Crippen LogP) is 1.49. The molecule has 268 valence electrons. The first-order chi connectivity index (χ1) is 22.7. The van der Waals surface area contributed by atoms with E-state index in [1.165, 1.54) is 18.2 Å². The smallest absolute Gasteiger partial charge is 0.431 e. The van der Waals surface area contributed by atoms with E-state index < -0.39 is 66.0 Å². The van der Waals surface area contributed by atoms with Crippen molar-refractivity contribution in [3.8, 4) is 5.75 Å². The van der Waals surface area contributed by atoms with Crippen LogP contribution in [-0.2, 0) is 52.4 Å². The van der Waals surface area contributed by atoms with Crippen molar-refractivity contribution in [3.05, 3.63) is 29.3 Å². The molecular weight excluding hydrogens is 640 g/mol. The van der Waals surface area contributed by atoms with E-state index in [1.807, 2.05) is 0 Å². The van der Waals surface area contributed by atoms with E-state index in [4.69, 9.17) is 42.7 Å². The summed E-state index contributed by atoms with van der Waals surface area (Å²) < 4.78 is 43.3. The molecule has 1 fully saturated rings. The van der Waals surface area contributed by atoms with Crippen molar-refractivity contribution in [2.75, 3.05) is 46.7 Å². The first-order valence-corrected chi connectivity index (χ1v) is 15.0. The van der Waals surface area contributed by atoms with Crippen LogP contribution in [0.25, 0.3) is 0 Å². The van der Waals surface area contributed by atoms with Crippen LogP contribution in [0.15, 0.2) is 18.2 Å². The van der Waals surface area contributed by atoms with E-state index >= 15 is 0 Å². The number of esters is 3. The fraction of sp³-hybridized carbons (Fsp3) is 0.613. The number of nitrogens with one attached hydrogen (secondary N) is 2. The summed E-state index contributed by atoms with van der Waals surface area (Å²) in [5.41, 5.74) is 1.57. The normalized spacial score (nSPS) is 20.5. The summed E-state index contributed by atoms with van der Waals surface area (Å²) >= 11 is 0. The summed E-state index contributed by atoms with van der Waals surface area (Å²) in [7, 11) is 1.15. The lowest BCUT2D eigenvalue weighted by Gasteiger charge is -2.42. The molecule has 1 unspecified atom stereocenters. The molecule has 2 amide bonds. The maximum atomic E-state index is 13.2. The summed E-state index contributed by atoms with van der Waals surface area (Å²) in [6.45, 7) is 9.86. The number of hydrogen-bond acceptors (Lipinski definition) is 15. The minimum atomic E-state index is -1.53. The number of benzene rings is 1. The Hall–Kier alpha value is -4.32. The SMILES string of the molecule is COC(=O)[C@H]1O[C@@H](Oc2ccc(C=O)cc2C(=O)NCCOCCOCCONC(=O)OC(C)(C)C)[C@H](OC(C)=O)C(OC(C)=O)[C@@H]1C. The van der Waals surface area contributed by atoms with Gasteiger partial charge in [-0.25, -0.2) is 9.59 Å². The Bertz CT molecular complexity index is 1260. The number of aldehydes is 1. The van der Waals surface area contributed by atoms with Crippen molar-refractivity contribution >= 4 is 36.2 Å². The lowest BCUT2D eigenvalue weighted by atomic mass is 9.90. The van der Waals surface area contributed by atoms with Gasteiger partial charge in [-0.2, -0.15) is 5.48 Å². The van der Waals surface area contributed by atoms with Gasteiger partial charge in [-0.3, -0.25) is 24.0 Å². The molecule has 0 aliphatic carbocycles. The van der Waals surface area contributed by atoms with Gasteiger partial charge in [-0.05, 0) is 39.0 Å². The fourth-order valence-electron chi connectivity index (χ4n) is 4.32. The van der Waals surface area contributed by atoms with Crippen molar-refractivity contribution in [1.82, 2.24) is 10.8 Å². The lowest BCUT2D eigenvalue weighted by Crippen LogP contribution is -2.60. The van der Waals surface area contributed by atoms with Crippen LogP contribution in [-0.4, -0.2) is 113 Å². The number of carbonyl (C=O) groups is 6. The Morgan fingerprint density at radius 2 is 1.54 bits per heavy atom. The molecule has 1 aliphatic heterocycles. The van der Waals surface area contributed by atoms with E-state index in [-0.39, 0.29) is 56.5 Å². The first kappa shape index (κ1) is 39.9. The molecule has 2 N–H and O–H groups in total. The second kappa shape index (κ2) is 19.5. The van der Waals surface area contributed by atoms with E-state index in [1.54, 1.807) is 27.7 Å². The molecule has 0 saturated carbocycles. The standard InChI is InChI=1S/C31H44N2O15/c1-18-24(44-19(2)35)26(45-20(3)36)29(47-25(18)28(38)40-7)46-23-9-8-21(17-34)16-22(23)27(37)32-10-11-41-12-13-42-14-15-43-33-30(39)48-31(4,5)6/h8-9,16-18,24-26,29H,10-15H2,1-7H3,(H,32,37)(H,33,39)/t18-,24?,25-,26+,29+/m0/s1. The third kappa shape index (κ3) is 13.4. The Balaban J connectivity index is 1.98. The molecule has 1 saturated heterocycles. The van der Waals surface area contributed by atoms with E-state index in [2.05, 4.69) is 10.8 Å². The van der Waals surface area contributed by atoms with E-state index in [9.17, 15) is 28.8 Å². The molecule has 48 heavy (non-hydrogen) atoms. The molecule has 0 bridgehead atoms. The van der Waals surface area contributed by atoms with Gasteiger partial charge in [0.1, 0.15) is 17.6 Å². The quantitative estimate of drug-likeness (QED) is 0.0783. The third-order valence-electron chi connectivity index (χ3n) is 6.32. The number of methoxy groups -OCH3 is 1. The van der Waals surface area contributed by atoms with E-state index in [0.717, 1.165) is 21.0 Å². The second-order valence-electron chi connectivity index (χ2n) is 11.4. The number of amides is 2. The first-order valence-electron chi connectivity index (χ1n) is 15.0. The average molecular weight is 685 g/mol. The molecule has 0 radical (unpaired) electrons. The molecule has 1 aromatic rings. The van der Waals surface area contributed by atoms with Crippen molar-refractivity contribution in [3.63, 3.8) is 0 Å². The maximum absolute atomic E-state index is 13.2. The number of hydroxylamine groups is 1. The summed E-state index contributed by atoms with van der Waals surface area (Å²) in [5.74, 6) is -3.79. The van der Waals surface area contributed by atoms with Gasteiger partial charge in [0.15, 0.2) is 12.2 Å². The molecular formula is C31H44N2O15. The summed E-state index contributed by atoms with van der Waals surface area (Å²) in [6, 6.07) is 3.99. The molecule has 1 heterocycles. The zero-order chi connectivity index (χ0) is 35.9. The van der Waals surface area contributed by atoms with Crippen molar-refractivity contribution < 1.29 is 71.5 Å². The summed E-state index contributed by atoms with van der Waals surface area (Å²) in [4.78, 5) is 77.6. The van der Waals surface area contributed by atoms with Crippen LogP contribution in [0.4, 0.5) is 4.79 Å². The molecule has 17 nitrogen and oxygen atoms in total. The highest BCUT2D eigenvalue weighted by Crippen LogP contribution is 2.34. The van der Waals surface area contributed by atoms with Crippen LogP contribution < -0.4 is 15.5 Å². The average Bonchev–Trinajstić information content (AvgIpc) is 3.01. The van der Waals surface area contributed by atoms with Crippen LogP contribution in [0.2, 0.25) is 0 Å². The highest BCUT2D eigenvalue weighted by molar-refractivity contribution is 5.98. The predicted molar refractivity (Wildman–Crippen MR) is 163 cm³/mol. The largest absolute Gasteiger partial charge is 0.467 e. The number of rotatable bonds is 17. The van der Waals surface area contributed by atoms with Gasteiger partial charge in [-0.1, -0.05) is 6.92 Å². The number of ether oxygens (including phenoxy) is 8. The minimum Gasteiger partial charge on any atom is -0.467 e. The minimum absolute atomic E-state index is 0.0684. The summed E-state index contributed by atoms with van der Waals surface area (Å²) in [6.07, 6.45) is -5.52. The van der Waals surface area contributed by atoms with Crippen LogP contribution >= 0.6 is 0 Å². The highest BCUT2D eigenvalue weighted by atomic mass is 16.7. The summed E-state index contributed by atoms with van der Waals surface area (Å²) in [5, 5.41) is 2.65. The van der Waals surface area contributed by atoms with Crippen LogP contribution in [0, 0.1) is 5.92 Å². The second-order valence-corrected chi connectivity index (χ2v) is 11.4. The van der Waals surface area contributed by atoms with Gasteiger partial charge in [0, 0.05) is 31.9 Å². The highest BCUT2D eigenvalue weighted by Gasteiger charge is 2.52. The van der Waals surface area contributed by atoms with Gasteiger partial charge >= 0.3 is 24.0 Å². The van der Waals surface area contributed by atoms with Gasteiger partial charge in [0.25, 0.3) is 5.91 Å². The van der Waals surface area contributed by atoms with Crippen LogP contribution in [0.3, 0.4) is 0 Å². The molecule has 1 aromatic carbocycles. The molecule has 5 atom stereocenters. The van der Waals surface area contributed by atoms with Gasteiger partial charge in [0.2, 0.25) is 12.4 Å². The van der Waals surface area contributed by atoms with Crippen molar-refractivity contribution in [1.29, 1.82) is 0 Å². The van der Waals surface area contributed by atoms with Gasteiger partial charge in [0.05, 0.1) is 45.7 Å². The fourth-order valence-corrected chi connectivity index (χ4v) is 4.32. The molecule has 17 heteroatoms. The Morgan fingerprint density at radius 1 is 0.917 bits per heavy atom. The Labute approximate surface area is 278 Å². The zero-order valence-electron chi connectivity index (χ0n) is 28.1. The topological polar surface area (TPSA) is 210 Å². The van der Waals surface area contributed by atoms with Gasteiger partial charge < -0.3 is 43.2 Å². The van der Waals surface area contributed by atoms with Crippen molar-refractivity contribution in [2.24, 2.45) is 5.92 Å². The van der Waals surface area contributed by atoms with Crippen LogP contribution in [0.1, 0.15) is 62.3 Å². The van der Waals surface area contributed by atoms with E-state index in [0.29, 0.717) is 6.29 Å². The number of carbonyl (C=O) groups excluding carboxylic acids is 6. The molecule has 0 aromatic heterocycles. The molecule has 0 spiro atoms. The zero-order valence-corrected chi connectivity index (χ0v) is 28.1. The van der Waals surface area contributed by atoms with Crippen LogP contribution in [0.5, 0.6) is 5.75 Å². The van der Waals surface area contributed by atoms with Gasteiger partial charge in [-0.15, -0.1) is 0 Å². The Morgan fingerprint density at radius 3 is 2.15 bits per heavy atom.